The second-order valence-electron chi connectivity index (χ2n) is 13.9. The fraction of sp³-hybridized carbons (Fsp3) is 0.0189. The standard InChI is InChI=1S/C53H35NO/c1-3-17-37(18-4-1)41-24-10-13-31-50(41)54(38-21-5-2-6-22-38)39-33-34-48-45(35-39)42-25-9-12-28-47(42)53(48,46-29-15-20-36-19-7-8-23-40(36)46)49-30-16-27-44-43-26-11-14-32-51(43)55-52(44)49/h1-35H/i7D,8D,15D,19D,20D,23D,29D. The summed E-state index contributed by atoms with van der Waals surface area (Å²) in [6, 6.07) is 53.9. The summed E-state index contributed by atoms with van der Waals surface area (Å²) in [5.74, 6) is 0. The van der Waals surface area contributed by atoms with E-state index in [9.17, 15) is 4.11 Å². The molecule has 1 aliphatic carbocycles. The molecule has 2 heteroatoms. The maximum absolute atomic E-state index is 9.89. The SMILES string of the molecule is [2H]c1c([2H])c([2H])c2c(C3(c4cccc5c4oc4ccccc45)c4ccccc4-c4cc(N(c5ccccc5)c5ccccc5-c5ccccc5)ccc43)c([2H])c([2H])c([2H])c2c1[2H]. The maximum atomic E-state index is 9.89. The first-order valence-corrected chi connectivity index (χ1v) is 18.4. The number of benzene rings is 9. The van der Waals surface area contributed by atoms with Gasteiger partial charge in [-0.1, -0.05) is 176 Å². The van der Waals surface area contributed by atoms with E-state index in [1.807, 2.05) is 115 Å². The molecule has 1 aliphatic rings. The first kappa shape index (κ1) is 25.0. The molecule has 1 atom stereocenters. The van der Waals surface area contributed by atoms with Crippen molar-refractivity contribution in [2.75, 3.05) is 4.90 Å². The average Bonchev–Trinajstić information content (AvgIpc) is 3.84. The predicted octanol–water partition coefficient (Wildman–Crippen LogP) is 14.2. The Morgan fingerprint density at radius 2 is 1.11 bits per heavy atom. The van der Waals surface area contributed by atoms with Crippen LogP contribution in [0.5, 0.6) is 0 Å². The Morgan fingerprint density at radius 3 is 2.00 bits per heavy atom. The molecule has 11 rings (SSSR count). The van der Waals surface area contributed by atoms with E-state index >= 15 is 0 Å². The van der Waals surface area contributed by atoms with Crippen LogP contribution in [0.15, 0.2) is 217 Å². The van der Waals surface area contributed by atoms with Gasteiger partial charge in [-0.3, -0.25) is 0 Å². The van der Waals surface area contributed by atoms with Gasteiger partial charge in [0.1, 0.15) is 11.2 Å². The molecule has 258 valence electrons. The fourth-order valence-electron chi connectivity index (χ4n) is 8.78. The van der Waals surface area contributed by atoms with Crippen molar-refractivity contribution in [2.24, 2.45) is 0 Å². The van der Waals surface area contributed by atoms with Crippen molar-refractivity contribution in [3.05, 3.63) is 234 Å². The van der Waals surface area contributed by atoms with Crippen LogP contribution in [-0.4, -0.2) is 0 Å². The van der Waals surface area contributed by atoms with Crippen molar-refractivity contribution in [1.29, 1.82) is 0 Å². The number of fused-ring (bicyclic) bond motifs is 7. The number of furan rings is 1. The molecule has 0 radical (unpaired) electrons. The summed E-state index contributed by atoms with van der Waals surface area (Å²) in [6.45, 7) is 0. The van der Waals surface area contributed by atoms with Crippen LogP contribution in [0.25, 0.3) is 55.0 Å². The summed E-state index contributed by atoms with van der Waals surface area (Å²) >= 11 is 0. The normalized spacial score (nSPS) is 16.4. The van der Waals surface area contributed by atoms with Gasteiger partial charge in [-0.05, 0) is 80.6 Å². The van der Waals surface area contributed by atoms with Crippen LogP contribution in [0.4, 0.5) is 17.1 Å². The van der Waals surface area contributed by atoms with Gasteiger partial charge in [0, 0.05) is 33.3 Å². The molecule has 0 bridgehead atoms. The van der Waals surface area contributed by atoms with Gasteiger partial charge >= 0.3 is 0 Å². The minimum atomic E-state index is -1.46. The quantitative estimate of drug-likeness (QED) is 0.171. The summed E-state index contributed by atoms with van der Waals surface area (Å²) in [5, 5.41) is 1.68. The molecule has 0 amide bonds. The van der Waals surface area contributed by atoms with Gasteiger partial charge in [-0.25, -0.2) is 0 Å². The van der Waals surface area contributed by atoms with Gasteiger partial charge in [-0.15, -0.1) is 0 Å². The third-order valence-electron chi connectivity index (χ3n) is 11.0. The lowest BCUT2D eigenvalue weighted by Crippen LogP contribution is -2.29. The average molecular weight is 709 g/mol. The number of para-hydroxylation sites is 4. The minimum absolute atomic E-state index is 0.0320. The van der Waals surface area contributed by atoms with Gasteiger partial charge in [-0.2, -0.15) is 0 Å². The number of anilines is 3. The van der Waals surface area contributed by atoms with Crippen LogP contribution in [-0.2, 0) is 5.41 Å². The second kappa shape index (κ2) is 12.5. The molecule has 0 N–H and O–H groups in total. The Morgan fingerprint density at radius 1 is 0.436 bits per heavy atom. The minimum Gasteiger partial charge on any atom is -0.456 e. The Kier molecular flexibility index (Phi) is 5.66. The first-order valence-electron chi connectivity index (χ1n) is 21.9. The van der Waals surface area contributed by atoms with E-state index in [2.05, 4.69) is 59.5 Å². The van der Waals surface area contributed by atoms with Gasteiger partial charge in [0.05, 0.1) is 20.7 Å². The van der Waals surface area contributed by atoms with Crippen LogP contribution in [0.3, 0.4) is 0 Å². The largest absolute Gasteiger partial charge is 0.456 e. The van der Waals surface area contributed by atoms with E-state index in [4.69, 9.17) is 9.90 Å². The lowest BCUT2D eigenvalue weighted by Gasteiger charge is -2.35. The molecule has 0 saturated heterocycles. The topological polar surface area (TPSA) is 16.4 Å². The predicted molar refractivity (Wildman–Crippen MR) is 229 cm³/mol. The zero-order chi connectivity index (χ0) is 42.4. The highest BCUT2D eigenvalue weighted by Gasteiger charge is 2.48. The lowest BCUT2D eigenvalue weighted by molar-refractivity contribution is 0.649. The number of nitrogens with zero attached hydrogens (tertiary/aromatic N) is 1. The lowest BCUT2D eigenvalue weighted by atomic mass is 9.66. The van der Waals surface area contributed by atoms with Gasteiger partial charge in [0.2, 0.25) is 0 Å². The first-order chi connectivity index (χ1) is 30.2. The number of rotatable bonds is 6. The van der Waals surface area contributed by atoms with E-state index in [0.29, 0.717) is 16.7 Å². The highest BCUT2D eigenvalue weighted by Crippen LogP contribution is 2.59. The third-order valence-corrected chi connectivity index (χ3v) is 11.0. The molecule has 1 unspecified atom stereocenters. The van der Waals surface area contributed by atoms with Gasteiger partial charge in [0.25, 0.3) is 0 Å². The zero-order valence-electron chi connectivity index (χ0n) is 36.5. The molecule has 9 aromatic carbocycles. The highest BCUT2D eigenvalue weighted by molar-refractivity contribution is 6.08. The van der Waals surface area contributed by atoms with Crippen LogP contribution >= 0.6 is 0 Å². The molecular weight excluding hydrogens is 667 g/mol. The Balaban J connectivity index is 1.30. The second-order valence-corrected chi connectivity index (χ2v) is 13.9. The Hall–Kier alpha value is -7.16. The molecule has 1 heterocycles. The Bertz CT molecular complexity index is 3450. The van der Waals surface area contributed by atoms with Crippen molar-refractivity contribution < 1.29 is 14.0 Å². The van der Waals surface area contributed by atoms with Crippen molar-refractivity contribution >= 4 is 49.8 Å². The zero-order valence-corrected chi connectivity index (χ0v) is 29.5. The van der Waals surface area contributed by atoms with Crippen LogP contribution < -0.4 is 4.90 Å². The van der Waals surface area contributed by atoms with E-state index in [-0.39, 0.29) is 28.4 Å². The molecule has 10 aromatic rings. The molecule has 1 aromatic heterocycles. The maximum Gasteiger partial charge on any atom is 0.140 e. The summed E-state index contributed by atoms with van der Waals surface area (Å²) in [6.07, 6.45) is 0. The van der Waals surface area contributed by atoms with Crippen LogP contribution in [0.2, 0.25) is 0 Å². The summed E-state index contributed by atoms with van der Waals surface area (Å²) in [5.41, 5.74) is 8.71. The number of hydrogen-bond acceptors (Lipinski definition) is 2. The van der Waals surface area contributed by atoms with Crippen LogP contribution in [0.1, 0.15) is 31.8 Å². The molecule has 55 heavy (non-hydrogen) atoms. The van der Waals surface area contributed by atoms with Crippen LogP contribution in [0, 0.1) is 0 Å². The molecular formula is C53H35NO. The van der Waals surface area contributed by atoms with Crippen molar-refractivity contribution in [3.8, 4) is 22.3 Å². The van der Waals surface area contributed by atoms with Gasteiger partial charge < -0.3 is 9.32 Å². The third kappa shape index (κ3) is 4.68. The van der Waals surface area contributed by atoms with E-state index < -0.39 is 35.6 Å². The summed E-state index contributed by atoms with van der Waals surface area (Å²) < 4.78 is 71.3. The molecule has 2 nitrogen and oxygen atoms in total. The highest BCUT2D eigenvalue weighted by atomic mass is 16.3. The smallest absolute Gasteiger partial charge is 0.140 e. The van der Waals surface area contributed by atoms with Gasteiger partial charge in [0.15, 0.2) is 0 Å². The summed E-state index contributed by atoms with van der Waals surface area (Å²) in [7, 11) is 0. The number of hydrogen-bond donors (Lipinski definition) is 0. The van der Waals surface area contributed by atoms with Crippen molar-refractivity contribution in [3.63, 3.8) is 0 Å². The molecule has 0 fully saturated rings. The monoisotopic (exact) mass is 708 g/mol. The Labute approximate surface area is 330 Å². The molecule has 0 saturated carbocycles. The summed E-state index contributed by atoms with van der Waals surface area (Å²) in [4.78, 5) is 2.24. The fourth-order valence-corrected chi connectivity index (χ4v) is 8.78. The van der Waals surface area contributed by atoms with E-state index in [1.165, 1.54) is 0 Å². The molecule has 0 aliphatic heterocycles. The van der Waals surface area contributed by atoms with Crippen molar-refractivity contribution in [1.82, 2.24) is 0 Å². The molecule has 0 spiro atoms. The van der Waals surface area contributed by atoms with E-state index in [0.717, 1.165) is 61.2 Å². The van der Waals surface area contributed by atoms with E-state index in [1.54, 1.807) is 0 Å². The van der Waals surface area contributed by atoms with Crippen molar-refractivity contribution in [2.45, 2.75) is 5.41 Å².